The molecule has 2 aromatic rings. The standard InChI is InChI=1S/C15H18N2O2/c1-2-3-5-12-7-9-13(10-8-12)16-15(18)17-14-6-4-11-19-14/h4,6-11H,2-3,5H2,1H3,(H2,16,17,18). The summed E-state index contributed by atoms with van der Waals surface area (Å²) in [6.45, 7) is 2.18. The van der Waals surface area contributed by atoms with Gasteiger partial charge in [0.15, 0.2) is 0 Å². The number of benzene rings is 1. The Labute approximate surface area is 112 Å². The fraction of sp³-hybridized carbons (Fsp3) is 0.267. The van der Waals surface area contributed by atoms with Crippen molar-refractivity contribution in [2.45, 2.75) is 26.2 Å². The molecule has 4 nitrogen and oxygen atoms in total. The summed E-state index contributed by atoms with van der Waals surface area (Å²) < 4.78 is 5.03. The maximum absolute atomic E-state index is 11.7. The van der Waals surface area contributed by atoms with Gasteiger partial charge in [0.05, 0.1) is 6.26 Å². The minimum absolute atomic E-state index is 0.309. The van der Waals surface area contributed by atoms with Crippen LogP contribution in [0.2, 0.25) is 0 Å². The molecule has 0 aliphatic carbocycles. The van der Waals surface area contributed by atoms with Gasteiger partial charge in [-0.05, 0) is 36.6 Å². The zero-order chi connectivity index (χ0) is 13.5. The Kier molecular flexibility index (Phi) is 4.61. The third kappa shape index (κ3) is 4.17. The zero-order valence-electron chi connectivity index (χ0n) is 11.0. The van der Waals surface area contributed by atoms with Gasteiger partial charge in [-0.25, -0.2) is 4.79 Å². The van der Waals surface area contributed by atoms with E-state index in [1.807, 2.05) is 24.3 Å². The normalized spacial score (nSPS) is 10.2. The molecule has 0 saturated heterocycles. The van der Waals surface area contributed by atoms with E-state index in [0.29, 0.717) is 5.88 Å². The van der Waals surface area contributed by atoms with Gasteiger partial charge < -0.3 is 9.73 Å². The van der Waals surface area contributed by atoms with Gasteiger partial charge in [0, 0.05) is 11.8 Å². The number of urea groups is 1. The largest absolute Gasteiger partial charge is 0.449 e. The van der Waals surface area contributed by atoms with Crippen LogP contribution in [0.1, 0.15) is 25.3 Å². The highest BCUT2D eigenvalue weighted by molar-refractivity contribution is 5.98. The van der Waals surface area contributed by atoms with Crippen LogP contribution in [0.4, 0.5) is 16.4 Å². The molecule has 0 saturated carbocycles. The summed E-state index contributed by atoms with van der Waals surface area (Å²) in [5.74, 6) is 0.428. The number of hydrogen-bond acceptors (Lipinski definition) is 2. The molecule has 0 fully saturated rings. The van der Waals surface area contributed by atoms with Crippen molar-refractivity contribution in [1.29, 1.82) is 0 Å². The van der Waals surface area contributed by atoms with Crippen molar-refractivity contribution in [2.75, 3.05) is 10.6 Å². The molecule has 2 rings (SSSR count). The number of aryl methyl sites for hydroxylation is 1. The summed E-state index contributed by atoms with van der Waals surface area (Å²) in [5, 5.41) is 5.36. The van der Waals surface area contributed by atoms with E-state index in [0.717, 1.165) is 12.1 Å². The first-order valence-electron chi connectivity index (χ1n) is 6.48. The topological polar surface area (TPSA) is 54.3 Å². The Bertz CT molecular complexity index is 503. The third-order valence-electron chi connectivity index (χ3n) is 2.79. The van der Waals surface area contributed by atoms with Crippen molar-refractivity contribution < 1.29 is 9.21 Å². The van der Waals surface area contributed by atoms with E-state index in [1.165, 1.54) is 24.7 Å². The second-order valence-electron chi connectivity index (χ2n) is 4.36. The lowest BCUT2D eigenvalue weighted by molar-refractivity contribution is 0.261. The Morgan fingerprint density at radius 2 is 1.95 bits per heavy atom. The summed E-state index contributed by atoms with van der Waals surface area (Å²) in [7, 11) is 0. The molecule has 2 amide bonds. The van der Waals surface area contributed by atoms with Crippen molar-refractivity contribution in [2.24, 2.45) is 0 Å². The van der Waals surface area contributed by atoms with E-state index in [9.17, 15) is 4.79 Å². The van der Waals surface area contributed by atoms with E-state index in [-0.39, 0.29) is 6.03 Å². The monoisotopic (exact) mass is 258 g/mol. The maximum atomic E-state index is 11.7. The molecule has 4 heteroatoms. The third-order valence-corrected chi connectivity index (χ3v) is 2.79. The van der Waals surface area contributed by atoms with Gasteiger partial charge in [-0.2, -0.15) is 0 Å². The maximum Gasteiger partial charge on any atom is 0.326 e. The predicted octanol–water partition coefficient (Wildman–Crippen LogP) is 4.27. The summed E-state index contributed by atoms with van der Waals surface area (Å²) in [6.07, 6.45) is 4.96. The van der Waals surface area contributed by atoms with E-state index in [1.54, 1.807) is 12.1 Å². The van der Waals surface area contributed by atoms with Crippen LogP contribution in [0.25, 0.3) is 0 Å². The molecule has 100 valence electrons. The van der Waals surface area contributed by atoms with Gasteiger partial charge >= 0.3 is 6.03 Å². The van der Waals surface area contributed by atoms with Gasteiger partial charge in [0.2, 0.25) is 5.88 Å². The highest BCUT2D eigenvalue weighted by Gasteiger charge is 2.03. The van der Waals surface area contributed by atoms with Gasteiger partial charge in [0.1, 0.15) is 0 Å². The quantitative estimate of drug-likeness (QED) is 0.841. The van der Waals surface area contributed by atoms with Crippen LogP contribution in [0.5, 0.6) is 0 Å². The van der Waals surface area contributed by atoms with Gasteiger partial charge in [-0.3, -0.25) is 5.32 Å². The number of nitrogens with one attached hydrogen (secondary N) is 2. The smallest absolute Gasteiger partial charge is 0.326 e. The van der Waals surface area contributed by atoms with Crippen LogP contribution in [0, 0.1) is 0 Å². The Balaban J connectivity index is 1.86. The van der Waals surface area contributed by atoms with Crippen LogP contribution in [-0.4, -0.2) is 6.03 Å². The molecule has 0 spiro atoms. The molecule has 0 unspecified atom stereocenters. The SMILES string of the molecule is CCCCc1ccc(NC(=O)Nc2ccco2)cc1. The van der Waals surface area contributed by atoms with Crippen molar-refractivity contribution in [1.82, 2.24) is 0 Å². The van der Waals surface area contributed by atoms with E-state index >= 15 is 0 Å². The number of carbonyl (C=O) groups excluding carboxylic acids is 1. The molecule has 1 aromatic heterocycles. The molecular weight excluding hydrogens is 240 g/mol. The average Bonchev–Trinajstić information content (AvgIpc) is 2.90. The highest BCUT2D eigenvalue weighted by Crippen LogP contribution is 2.13. The molecule has 0 radical (unpaired) electrons. The van der Waals surface area contributed by atoms with E-state index in [2.05, 4.69) is 17.6 Å². The molecule has 1 heterocycles. The van der Waals surface area contributed by atoms with E-state index < -0.39 is 0 Å². The van der Waals surface area contributed by atoms with Crippen LogP contribution < -0.4 is 10.6 Å². The summed E-state index contributed by atoms with van der Waals surface area (Å²) >= 11 is 0. The lowest BCUT2D eigenvalue weighted by Crippen LogP contribution is -2.18. The first-order chi connectivity index (χ1) is 9.28. The Hall–Kier alpha value is -2.23. The average molecular weight is 258 g/mol. The predicted molar refractivity (Wildman–Crippen MR) is 76.4 cm³/mol. The van der Waals surface area contributed by atoms with Gasteiger partial charge in [-0.1, -0.05) is 25.5 Å². The number of amides is 2. The number of anilines is 2. The van der Waals surface area contributed by atoms with Crippen molar-refractivity contribution in [3.05, 3.63) is 48.2 Å². The number of rotatable bonds is 5. The van der Waals surface area contributed by atoms with Crippen LogP contribution in [0.3, 0.4) is 0 Å². The summed E-state index contributed by atoms with van der Waals surface area (Å²) in [6, 6.07) is 11.0. The number of hydrogen-bond donors (Lipinski definition) is 2. The van der Waals surface area contributed by atoms with E-state index in [4.69, 9.17) is 4.42 Å². The molecule has 0 atom stereocenters. The van der Waals surface area contributed by atoms with Crippen LogP contribution in [-0.2, 0) is 6.42 Å². The Morgan fingerprint density at radius 1 is 1.16 bits per heavy atom. The molecule has 2 N–H and O–H groups in total. The highest BCUT2D eigenvalue weighted by atomic mass is 16.3. The molecular formula is C15H18N2O2. The van der Waals surface area contributed by atoms with Crippen LogP contribution >= 0.6 is 0 Å². The van der Waals surface area contributed by atoms with Crippen molar-refractivity contribution in [3.63, 3.8) is 0 Å². The van der Waals surface area contributed by atoms with Crippen LogP contribution in [0.15, 0.2) is 47.1 Å². The van der Waals surface area contributed by atoms with Gasteiger partial charge in [-0.15, -0.1) is 0 Å². The second kappa shape index (κ2) is 6.64. The molecule has 0 aliphatic heterocycles. The molecule has 0 bridgehead atoms. The fourth-order valence-electron chi connectivity index (χ4n) is 1.76. The fourth-order valence-corrected chi connectivity index (χ4v) is 1.76. The number of carbonyl (C=O) groups is 1. The Morgan fingerprint density at radius 3 is 2.58 bits per heavy atom. The number of unbranched alkanes of at least 4 members (excludes halogenated alkanes) is 1. The van der Waals surface area contributed by atoms with Gasteiger partial charge in [0.25, 0.3) is 0 Å². The second-order valence-corrected chi connectivity index (χ2v) is 4.36. The van der Waals surface area contributed by atoms with Crippen molar-refractivity contribution >= 4 is 17.6 Å². The number of furan rings is 1. The first kappa shape index (κ1) is 13.2. The minimum atomic E-state index is -0.309. The molecule has 19 heavy (non-hydrogen) atoms. The van der Waals surface area contributed by atoms with Crippen molar-refractivity contribution in [3.8, 4) is 0 Å². The lowest BCUT2D eigenvalue weighted by atomic mass is 10.1. The minimum Gasteiger partial charge on any atom is -0.449 e. The molecule has 0 aliphatic rings. The zero-order valence-corrected chi connectivity index (χ0v) is 11.0. The lowest BCUT2D eigenvalue weighted by Gasteiger charge is -2.06. The summed E-state index contributed by atoms with van der Waals surface area (Å²) in [4.78, 5) is 11.7. The summed E-state index contributed by atoms with van der Waals surface area (Å²) in [5.41, 5.74) is 2.06. The first-order valence-corrected chi connectivity index (χ1v) is 6.48. The molecule has 1 aromatic carbocycles.